The molecule has 0 aliphatic carbocycles. The van der Waals surface area contributed by atoms with Crippen LogP contribution in [-0.4, -0.2) is 55.3 Å². The molecule has 1 heterocycles. The molecule has 0 aromatic heterocycles. The van der Waals surface area contributed by atoms with Gasteiger partial charge in [0.1, 0.15) is 3.41 Å². The Morgan fingerprint density at radius 1 is 0.783 bits per heavy atom. The number of hydrogen-bond acceptors (Lipinski definition) is 12. The minimum absolute atomic E-state index is 0.333. The third-order valence-corrected chi connectivity index (χ3v) is 16.9. The van der Waals surface area contributed by atoms with Gasteiger partial charge in [0.15, 0.2) is 0 Å². The maximum atomic E-state index is 4.43. The zero-order valence-corrected chi connectivity index (χ0v) is 22.5. The number of thiol groups is 4. The SMILES string of the molecule is SCSCC1(SCSC(SCS)C(SCS)SCS)SCCS1. The Morgan fingerprint density at radius 2 is 1.30 bits per heavy atom. The Labute approximate surface area is 197 Å². The maximum Gasteiger partial charge on any atom is 0.116 e. The van der Waals surface area contributed by atoms with Crippen molar-refractivity contribution >= 4 is 145 Å². The van der Waals surface area contributed by atoms with E-state index in [0.29, 0.717) is 12.6 Å². The van der Waals surface area contributed by atoms with Crippen molar-refractivity contribution in [1.29, 1.82) is 0 Å². The van der Waals surface area contributed by atoms with Gasteiger partial charge in [0.25, 0.3) is 0 Å². The molecule has 1 rings (SSSR count). The standard InChI is InChI=1S/C11H22S12/c12-4-16-3-11(21-1-2-22-11)23-8-20-10(19-7-15)9(17-5-13)18-6-14/h9-10,12-15H,1-8H2. The largest absolute Gasteiger partial charge is 0.168 e. The summed E-state index contributed by atoms with van der Waals surface area (Å²) in [6, 6.07) is 0. The summed E-state index contributed by atoms with van der Waals surface area (Å²) in [5.74, 6) is 3.73. The molecule has 0 radical (unpaired) electrons. The fraction of sp³-hybridized carbons (Fsp3) is 1.00. The molecule has 0 aromatic rings. The van der Waals surface area contributed by atoms with E-state index in [9.17, 15) is 0 Å². The third-order valence-electron chi connectivity index (χ3n) is 2.55. The summed E-state index contributed by atoms with van der Waals surface area (Å²) in [6.45, 7) is 0. The zero-order valence-electron chi connectivity index (χ0n) is 12.4. The Morgan fingerprint density at radius 3 is 1.78 bits per heavy atom. The first-order valence-electron chi connectivity index (χ1n) is 6.61. The quantitative estimate of drug-likeness (QED) is 0.141. The van der Waals surface area contributed by atoms with Gasteiger partial charge in [0, 0.05) is 42.7 Å². The molecule has 1 aliphatic rings. The molecule has 23 heavy (non-hydrogen) atoms. The van der Waals surface area contributed by atoms with Gasteiger partial charge < -0.3 is 0 Å². The average Bonchev–Trinajstić information content (AvgIpc) is 3.01. The fourth-order valence-corrected chi connectivity index (χ4v) is 16.9. The second-order valence-corrected chi connectivity index (χ2v) is 18.2. The van der Waals surface area contributed by atoms with Crippen LogP contribution in [0.5, 0.6) is 0 Å². The smallest absolute Gasteiger partial charge is 0.116 e. The van der Waals surface area contributed by atoms with Gasteiger partial charge in [-0.2, -0.15) is 50.5 Å². The summed E-state index contributed by atoms with van der Waals surface area (Å²) >= 11 is 33.7. The van der Waals surface area contributed by atoms with E-state index in [0.717, 1.165) is 25.4 Å². The molecular formula is C11H22S12. The van der Waals surface area contributed by atoms with Gasteiger partial charge in [-0.25, -0.2) is 0 Å². The molecule has 1 unspecified atom stereocenters. The van der Waals surface area contributed by atoms with Crippen LogP contribution >= 0.6 is 145 Å². The highest BCUT2D eigenvalue weighted by atomic mass is 32.3. The van der Waals surface area contributed by atoms with Crippen LogP contribution in [0, 0.1) is 0 Å². The van der Waals surface area contributed by atoms with Crippen molar-refractivity contribution in [3.63, 3.8) is 0 Å². The molecule has 0 saturated carbocycles. The first-order valence-corrected chi connectivity index (χ1v) is 17.4. The van der Waals surface area contributed by atoms with Gasteiger partial charge in [-0.1, -0.05) is 0 Å². The number of hydrogen-bond donors (Lipinski definition) is 4. The molecule has 1 aliphatic heterocycles. The molecule has 0 N–H and O–H groups in total. The first-order chi connectivity index (χ1) is 11.2. The second-order valence-electron chi connectivity index (χ2n) is 3.91. The van der Waals surface area contributed by atoms with E-state index < -0.39 is 0 Å². The van der Waals surface area contributed by atoms with Gasteiger partial charge in [-0.15, -0.1) is 94.1 Å². The molecule has 0 aromatic carbocycles. The molecule has 1 fully saturated rings. The van der Waals surface area contributed by atoms with E-state index >= 15 is 0 Å². The van der Waals surface area contributed by atoms with Crippen LogP contribution in [-0.2, 0) is 0 Å². The lowest BCUT2D eigenvalue weighted by Gasteiger charge is -2.28. The summed E-state index contributed by atoms with van der Waals surface area (Å²) in [5.41, 5.74) is 0. The van der Waals surface area contributed by atoms with E-state index in [4.69, 9.17) is 0 Å². The second kappa shape index (κ2) is 16.0. The Kier molecular flexibility index (Phi) is 17.6. The zero-order chi connectivity index (χ0) is 17.0. The molecule has 1 atom stereocenters. The Hall–Kier alpha value is 4.20. The normalized spacial score (nSPS) is 18.7. The summed E-state index contributed by atoms with van der Waals surface area (Å²) < 4.78 is 1.40. The van der Waals surface area contributed by atoms with Gasteiger partial charge >= 0.3 is 0 Å². The van der Waals surface area contributed by atoms with Gasteiger partial charge in [0.05, 0.1) is 9.16 Å². The van der Waals surface area contributed by atoms with Crippen molar-refractivity contribution in [2.45, 2.75) is 12.6 Å². The van der Waals surface area contributed by atoms with E-state index in [1.54, 1.807) is 0 Å². The minimum atomic E-state index is 0.333. The van der Waals surface area contributed by atoms with E-state index in [2.05, 4.69) is 97.6 Å². The fourth-order valence-electron chi connectivity index (χ4n) is 1.64. The van der Waals surface area contributed by atoms with E-state index in [-0.39, 0.29) is 0 Å². The topological polar surface area (TPSA) is 0 Å². The third kappa shape index (κ3) is 10.5. The lowest BCUT2D eigenvalue weighted by atomic mass is 10.9. The van der Waals surface area contributed by atoms with Crippen LogP contribution in [0.4, 0.5) is 0 Å². The van der Waals surface area contributed by atoms with E-state index in [1.807, 2.05) is 47.0 Å². The predicted molar refractivity (Wildman–Crippen MR) is 146 cm³/mol. The van der Waals surface area contributed by atoms with Crippen molar-refractivity contribution in [2.24, 2.45) is 0 Å². The molecular weight excluding hydrogens is 517 g/mol. The summed E-state index contributed by atoms with van der Waals surface area (Å²) in [6.07, 6.45) is 0. The van der Waals surface area contributed by atoms with Crippen LogP contribution in [0.1, 0.15) is 0 Å². The molecule has 0 bridgehead atoms. The molecule has 12 heteroatoms. The lowest BCUT2D eigenvalue weighted by molar-refractivity contribution is 1.35. The summed E-state index contributed by atoms with van der Waals surface area (Å²) in [7, 11) is 0. The van der Waals surface area contributed by atoms with E-state index in [1.165, 1.54) is 17.3 Å². The molecule has 138 valence electrons. The van der Waals surface area contributed by atoms with Crippen molar-refractivity contribution in [1.82, 2.24) is 0 Å². The van der Waals surface area contributed by atoms with Crippen molar-refractivity contribution in [2.75, 3.05) is 42.7 Å². The molecule has 1 saturated heterocycles. The van der Waals surface area contributed by atoms with Crippen molar-refractivity contribution in [3.05, 3.63) is 0 Å². The summed E-state index contributed by atoms with van der Waals surface area (Å²) in [4.78, 5) is 0. The van der Waals surface area contributed by atoms with Gasteiger partial charge in [-0.3, -0.25) is 0 Å². The minimum Gasteiger partial charge on any atom is -0.168 e. The van der Waals surface area contributed by atoms with Crippen molar-refractivity contribution in [3.8, 4) is 0 Å². The maximum absolute atomic E-state index is 4.43. The van der Waals surface area contributed by atoms with Crippen LogP contribution in [0.2, 0.25) is 0 Å². The van der Waals surface area contributed by atoms with Crippen molar-refractivity contribution < 1.29 is 0 Å². The molecule has 0 spiro atoms. The molecule has 0 amide bonds. The van der Waals surface area contributed by atoms with Gasteiger partial charge in [0.2, 0.25) is 0 Å². The highest BCUT2D eigenvalue weighted by Gasteiger charge is 2.36. The van der Waals surface area contributed by atoms with Crippen LogP contribution in [0.25, 0.3) is 0 Å². The monoisotopic (exact) mass is 538 g/mol. The Bertz CT molecular complexity index is 278. The molecule has 0 nitrogen and oxygen atoms in total. The highest BCUT2D eigenvalue weighted by molar-refractivity contribution is 8.39. The number of rotatable bonds is 14. The number of thioether (sulfide) groups is 8. The Balaban J connectivity index is 2.49. The first kappa shape index (κ1) is 25.2. The van der Waals surface area contributed by atoms with Crippen LogP contribution in [0.15, 0.2) is 0 Å². The average molecular weight is 539 g/mol. The highest BCUT2D eigenvalue weighted by Crippen LogP contribution is 2.55. The predicted octanol–water partition coefficient (Wildman–Crippen LogP) is 6.68. The summed E-state index contributed by atoms with van der Waals surface area (Å²) in [5, 5.41) is 4.63. The van der Waals surface area contributed by atoms with Gasteiger partial charge in [-0.05, 0) is 0 Å². The van der Waals surface area contributed by atoms with Crippen LogP contribution < -0.4 is 0 Å². The lowest BCUT2D eigenvalue weighted by Crippen LogP contribution is -2.18. The van der Waals surface area contributed by atoms with Crippen LogP contribution in [0.3, 0.4) is 0 Å².